The van der Waals surface area contributed by atoms with Crippen LogP contribution in [0, 0.1) is 0 Å². The summed E-state index contributed by atoms with van der Waals surface area (Å²) in [6.45, 7) is 2.27. The van der Waals surface area contributed by atoms with E-state index in [4.69, 9.17) is 4.74 Å². The van der Waals surface area contributed by atoms with Crippen molar-refractivity contribution in [1.82, 2.24) is 0 Å². The van der Waals surface area contributed by atoms with Gasteiger partial charge >= 0.3 is 5.97 Å². The van der Waals surface area contributed by atoms with E-state index in [2.05, 4.69) is 34.1 Å². The third kappa shape index (κ3) is 3.40. The standard InChI is InChI=1S/C17H19BrO2/c1-2-20-17(19)16(11-6-12-18)15-10-5-8-13-7-3-4-9-14(13)15/h3-5,7-10,16H,2,6,11-12H2,1H3. The van der Waals surface area contributed by atoms with Gasteiger partial charge in [0.25, 0.3) is 0 Å². The number of rotatable bonds is 6. The Balaban J connectivity index is 2.42. The van der Waals surface area contributed by atoms with E-state index in [9.17, 15) is 4.79 Å². The zero-order valence-corrected chi connectivity index (χ0v) is 13.2. The quantitative estimate of drug-likeness (QED) is 0.567. The van der Waals surface area contributed by atoms with Gasteiger partial charge in [0.15, 0.2) is 0 Å². The molecule has 2 nitrogen and oxygen atoms in total. The van der Waals surface area contributed by atoms with Crippen molar-refractivity contribution in [3.63, 3.8) is 0 Å². The highest BCUT2D eigenvalue weighted by Gasteiger charge is 2.23. The van der Waals surface area contributed by atoms with Crippen LogP contribution in [0.15, 0.2) is 42.5 Å². The molecule has 2 rings (SSSR count). The Hall–Kier alpha value is -1.35. The van der Waals surface area contributed by atoms with Crippen LogP contribution in [0.5, 0.6) is 0 Å². The third-order valence-corrected chi connectivity index (χ3v) is 3.96. The minimum absolute atomic E-state index is 0.121. The number of alkyl halides is 1. The monoisotopic (exact) mass is 334 g/mol. The largest absolute Gasteiger partial charge is 0.466 e. The van der Waals surface area contributed by atoms with Gasteiger partial charge in [-0.2, -0.15) is 0 Å². The van der Waals surface area contributed by atoms with E-state index in [1.165, 1.54) is 0 Å². The van der Waals surface area contributed by atoms with Crippen molar-refractivity contribution in [2.75, 3.05) is 11.9 Å². The molecule has 0 heterocycles. The highest BCUT2D eigenvalue weighted by Crippen LogP contribution is 2.30. The number of carbonyl (C=O) groups is 1. The maximum Gasteiger partial charge on any atom is 0.313 e. The van der Waals surface area contributed by atoms with Crippen LogP contribution in [0.3, 0.4) is 0 Å². The molecule has 106 valence electrons. The topological polar surface area (TPSA) is 26.3 Å². The first-order valence-corrected chi connectivity index (χ1v) is 8.10. The fraction of sp³-hybridized carbons (Fsp3) is 0.353. The molecule has 0 aliphatic heterocycles. The molecule has 0 amide bonds. The molecular formula is C17H19BrO2. The van der Waals surface area contributed by atoms with Crippen LogP contribution in [0.25, 0.3) is 10.8 Å². The van der Waals surface area contributed by atoms with Gasteiger partial charge in [-0.15, -0.1) is 0 Å². The molecule has 3 heteroatoms. The highest BCUT2D eigenvalue weighted by atomic mass is 79.9. The normalized spacial score (nSPS) is 12.3. The predicted molar refractivity (Wildman–Crippen MR) is 86.4 cm³/mol. The fourth-order valence-corrected chi connectivity index (χ4v) is 2.80. The van der Waals surface area contributed by atoms with Crippen molar-refractivity contribution in [2.24, 2.45) is 0 Å². The number of fused-ring (bicyclic) bond motifs is 1. The molecule has 0 aromatic heterocycles. The van der Waals surface area contributed by atoms with Crippen molar-refractivity contribution in [2.45, 2.75) is 25.7 Å². The summed E-state index contributed by atoms with van der Waals surface area (Å²) in [5, 5.41) is 3.20. The summed E-state index contributed by atoms with van der Waals surface area (Å²) in [5.74, 6) is -0.302. The SMILES string of the molecule is CCOC(=O)C(CCCBr)c1cccc2ccccc12. The summed E-state index contributed by atoms with van der Waals surface area (Å²) in [6.07, 6.45) is 1.75. The summed E-state index contributed by atoms with van der Waals surface area (Å²) < 4.78 is 5.25. The first kappa shape index (κ1) is 15.0. The summed E-state index contributed by atoms with van der Waals surface area (Å²) in [6, 6.07) is 14.3. The average Bonchev–Trinajstić information content (AvgIpc) is 2.48. The van der Waals surface area contributed by atoms with Gasteiger partial charge in [0, 0.05) is 5.33 Å². The lowest BCUT2D eigenvalue weighted by molar-refractivity contribution is -0.145. The van der Waals surface area contributed by atoms with Gasteiger partial charge in [-0.05, 0) is 36.1 Å². The van der Waals surface area contributed by atoms with Gasteiger partial charge in [0.1, 0.15) is 0 Å². The average molecular weight is 335 g/mol. The van der Waals surface area contributed by atoms with Crippen LogP contribution < -0.4 is 0 Å². The molecule has 0 N–H and O–H groups in total. The Kier molecular flexibility index (Phi) is 5.60. The zero-order chi connectivity index (χ0) is 14.4. The maximum atomic E-state index is 12.3. The Labute approximate surface area is 128 Å². The smallest absolute Gasteiger partial charge is 0.313 e. The van der Waals surface area contributed by atoms with E-state index in [-0.39, 0.29) is 11.9 Å². The van der Waals surface area contributed by atoms with Crippen molar-refractivity contribution < 1.29 is 9.53 Å². The molecule has 0 saturated heterocycles. The van der Waals surface area contributed by atoms with Gasteiger partial charge in [-0.1, -0.05) is 58.4 Å². The third-order valence-electron chi connectivity index (χ3n) is 3.40. The van der Waals surface area contributed by atoms with Gasteiger partial charge < -0.3 is 4.74 Å². The van der Waals surface area contributed by atoms with Gasteiger partial charge in [0.05, 0.1) is 12.5 Å². The molecule has 0 fully saturated rings. The van der Waals surface area contributed by atoms with E-state index >= 15 is 0 Å². The first-order valence-electron chi connectivity index (χ1n) is 6.98. The molecule has 0 saturated carbocycles. The number of hydrogen-bond acceptors (Lipinski definition) is 2. The maximum absolute atomic E-state index is 12.3. The minimum atomic E-state index is -0.182. The molecular weight excluding hydrogens is 316 g/mol. The van der Waals surface area contributed by atoms with Crippen LogP contribution >= 0.6 is 15.9 Å². The molecule has 2 aromatic rings. The summed E-state index contributed by atoms with van der Waals surface area (Å²) in [5.41, 5.74) is 1.07. The molecule has 0 aliphatic carbocycles. The number of hydrogen-bond donors (Lipinski definition) is 0. The van der Waals surface area contributed by atoms with Crippen molar-refractivity contribution >= 4 is 32.7 Å². The Bertz CT molecular complexity index is 575. The van der Waals surface area contributed by atoms with Crippen LogP contribution in [0.2, 0.25) is 0 Å². The minimum Gasteiger partial charge on any atom is -0.466 e. The molecule has 20 heavy (non-hydrogen) atoms. The molecule has 0 bridgehead atoms. The van der Waals surface area contributed by atoms with Gasteiger partial charge in [-0.3, -0.25) is 4.79 Å². The lowest BCUT2D eigenvalue weighted by atomic mass is 9.90. The molecule has 1 atom stereocenters. The lowest BCUT2D eigenvalue weighted by Gasteiger charge is -2.17. The fourth-order valence-electron chi connectivity index (χ4n) is 2.48. The van der Waals surface area contributed by atoms with Crippen molar-refractivity contribution in [1.29, 1.82) is 0 Å². The van der Waals surface area contributed by atoms with Crippen LogP contribution in [0.1, 0.15) is 31.2 Å². The second-order valence-electron chi connectivity index (χ2n) is 4.70. The second kappa shape index (κ2) is 7.44. The van der Waals surface area contributed by atoms with E-state index < -0.39 is 0 Å². The van der Waals surface area contributed by atoms with Crippen molar-refractivity contribution in [3.8, 4) is 0 Å². The number of ether oxygens (including phenoxy) is 1. The number of halogens is 1. The van der Waals surface area contributed by atoms with E-state index in [0.29, 0.717) is 6.61 Å². The van der Waals surface area contributed by atoms with Crippen molar-refractivity contribution in [3.05, 3.63) is 48.0 Å². The van der Waals surface area contributed by atoms with E-state index in [0.717, 1.165) is 34.5 Å². The van der Waals surface area contributed by atoms with Crippen LogP contribution in [-0.2, 0) is 9.53 Å². The summed E-state index contributed by atoms with van der Waals surface area (Å²) in [4.78, 5) is 12.3. The zero-order valence-electron chi connectivity index (χ0n) is 11.6. The number of benzene rings is 2. The molecule has 0 radical (unpaired) electrons. The van der Waals surface area contributed by atoms with Gasteiger partial charge in [0.2, 0.25) is 0 Å². The molecule has 1 unspecified atom stereocenters. The van der Waals surface area contributed by atoms with Crippen LogP contribution in [-0.4, -0.2) is 17.9 Å². The summed E-state index contributed by atoms with van der Waals surface area (Å²) >= 11 is 3.44. The van der Waals surface area contributed by atoms with E-state index in [1.54, 1.807) is 0 Å². The molecule has 0 aliphatic rings. The summed E-state index contributed by atoms with van der Waals surface area (Å²) in [7, 11) is 0. The van der Waals surface area contributed by atoms with Crippen LogP contribution in [0.4, 0.5) is 0 Å². The lowest BCUT2D eigenvalue weighted by Crippen LogP contribution is -2.16. The predicted octanol–water partition coefficient (Wildman–Crippen LogP) is 4.66. The Morgan fingerprint density at radius 3 is 2.70 bits per heavy atom. The second-order valence-corrected chi connectivity index (χ2v) is 5.50. The molecule has 0 spiro atoms. The Morgan fingerprint density at radius 2 is 1.95 bits per heavy atom. The molecule has 2 aromatic carbocycles. The highest BCUT2D eigenvalue weighted by molar-refractivity contribution is 9.09. The Morgan fingerprint density at radius 1 is 1.20 bits per heavy atom. The van der Waals surface area contributed by atoms with Gasteiger partial charge in [-0.25, -0.2) is 0 Å². The number of esters is 1. The number of carbonyl (C=O) groups excluding carboxylic acids is 1. The first-order chi connectivity index (χ1) is 9.77. The van der Waals surface area contributed by atoms with E-state index in [1.807, 2.05) is 31.2 Å².